The summed E-state index contributed by atoms with van der Waals surface area (Å²) >= 11 is 0. The van der Waals surface area contributed by atoms with Crippen molar-refractivity contribution in [3.63, 3.8) is 0 Å². The fourth-order valence-electron chi connectivity index (χ4n) is 0.683. The van der Waals surface area contributed by atoms with Gasteiger partial charge in [0, 0.05) is 6.07 Å². The van der Waals surface area contributed by atoms with Crippen LogP contribution in [0.3, 0.4) is 0 Å². The maximum atomic E-state index is 10.4. The fourth-order valence-corrected chi connectivity index (χ4v) is 0.683. The third kappa shape index (κ3) is 1.91. The molecule has 0 bridgehead atoms. The molecule has 0 saturated carbocycles. The summed E-state index contributed by atoms with van der Waals surface area (Å²) in [6.45, 7) is 2.25. The van der Waals surface area contributed by atoms with Gasteiger partial charge in [0.1, 0.15) is 6.33 Å². The second kappa shape index (κ2) is 3.66. The lowest BCUT2D eigenvalue weighted by Crippen LogP contribution is -2.02. The topological polar surface area (TPSA) is 72.3 Å². The predicted octanol–water partition coefficient (Wildman–Crippen LogP) is 0.573. The molecule has 64 valence electrons. The van der Waals surface area contributed by atoms with Crippen molar-refractivity contribution in [2.24, 2.45) is 0 Å². The summed E-state index contributed by atoms with van der Waals surface area (Å²) in [6, 6.07) is 1.28. The van der Waals surface area contributed by atoms with Gasteiger partial charge in [-0.25, -0.2) is 14.8 Å². The zero-order valence-electron chi connectivity index (χ0n) is 6.52. The smallest absolute Gasteiger partial charge is 0.354 e. The molecule has 0 saturated heterocycles. The monoisotopic (exact) mass is 168 g/mol. The van der Waals surface area contributed by atoms with E-state index in [4.69, 9.17) is 9.84 Å². The number of hydrogen-bond donors (Lipinski definition) is 1. The van der Waals surface area contributed by atoms with Crippen LogP contribution in [0.25, 0.3) is 0 Å². The highest BCUT2D eigenvalue weighted by Crippen LogP contribution is 2.05. The van der Waals surface area contributed by atoms with Crippen molar-refractivity contribution < 1.29 is 14.6 Å². The number of hydrogen-bond acceptors (Lipinski definition) is 4. The van der Waals surface area contributed by atoms with Gasteiger partial charge in [0.2, 0.25) is 5.88 Å². The van der Waals surface area contributed by atoms with Gasteiger partial charge in [-0.05, 0) is 6.92 Å². The van der Waals surface area contributed by atoms with Gasteiger partial charge in [-0.3, -0.25) is 0 Å². The number of aromatic carboxylic acids is 1. The first-order chi connectivity index (χ1) is 5.74. The highest BCUT2D eigenvalue weighted by molar-refractivity contribution is 5.85. The highest BCUT2D eigenvalue weighted by atomic mass is 16.5. The van der Waals surface area contributed by atoms with Gasteiger partial charge in [-0.1, -0.05) is 0 Å². The van der Waals surface area contributed by atoms with E-state index in [0.29, 0.717) is 6.61 Å². The van der Waals surface area contributed by atoms with Crippen LogP contribution in [0.5, 0.6) is 5.88 Å². The molecule has 1 aromatic heterocycles. The minimum absolute atomic E-state index is 0.0616. The summed E-state index contributed by atoms with van der Waals surface area (Å²) in [4.78, 5) is 17.7. The Bertz CT molecular complexity index is 288. The van der Waals surface area contributed by atoms with E-state index in [-0.39, 0.29) is 11.6 Å². The van der Waals surface area contributed by atoms with E-state index in [1.54, 1.807) is 6.92 Å². The number of rotatable bonds is 3. The van der Waals surface area contributed by atoms with Crippen LogP contribution in [0, 0.1) is 0 Å². The number of nitrogens with zero attached hydrogens (tertiary/aromatic N) is 2. The van der Waals surface area contributed by atoms with E-state index in [1.807, 2.05) is 0 Å². The molecule has 0 spiro atoms. The second-order valence-electron chi connectivity index (χ2n) is 1.98. The molecule has 5 heteroatoms. The van der Waals surface area contributed by atoms with Gasteiger partial charge in [-0.2, -0.15) is 0 Å². The average Bonchev–Trinajstić information content (AvgIpc) is 2.05. The normalized spacial score (nSPS) is 9.42. The molecule has 5 nitrogen and oxygen atoms in total. The third-order valence-corrected chi connectivity index (χ3v) is 1.15. The molecular formula is C7H8N2O3. The Morgan fingerprint density at radius 1 is 1.67 bits per heavy atom. The second-order valence-corrected chi connectivity index (χ2v) is 1.98. The minimum atomic E-state index is -1.08. The number of ether oxygens (including phenoxy) is 1. The van der Waals surface area contributed by atoms with Gasteiger partial charge in [0.15, 0.2) is 5.69 Å². The van der Waals surface area contributed by atoms with Gasteiger partial charge >= 0.3 is 5.97 Å². The summed E-state index contributed by atoms with van der Waals surface area (Å²) in [5, 5.41) is 8.53. The van der Waals surface area contributed by atoms with Crippen molar-refractivity contribution in [1.29, 1.82) is 0 Å². The zero-order chi connectivity index (χ0) is 8.97. The van der Waals surface area contributed by atoms with E-state index >= 15 is 0 Å². The number of carboxylic acids is 1. The maximum Gasteiger partial charge on any atom is 0.354 e. The molecule has 0 amide bonds. The van der Waals surface area contributed by atoms with Crippen LogP contribution in [-0.4, -0.2) is 27.7 Å². The lowest BCUT2D eigenvalue weighted by atomic mass is 10.4. The molecular weight excluding hydrogens is 160 g/mol. The number of carboxylic acid groups (broad SMARTS) is 1. The fraction of sp³-hybridized carbons (Fsp3) is 0.286. The lowest BCUT2D eigenvalue weighted by Gasteiger charge is -2.00. The molecule has 1 rings (SSSR count). The Morgan fingerprint density at radius 3 is 3.00 bits per heavy atom. The van der Waals surface area contributed by atoms with Crippen LogP contribution in [0.1, 0.15) is 17.4 Å². The van der Waals surface area contributed by atoms with E-state index in [1.165, 1.54) is 6.07 Å². The van der Waals surface area contributed by atoms with Gasteiger partial charge in [0.05, 0.1) is 6.61 Å². The molecule has 12 heavy (non-hydrogen) atoms. The minimum Gasteiger partial charge on any atom is -0.478 e. The maximum absolute atomic E-state index is 10.4. The third-order valence-electron chi connectivity index (χ3n) is 1.15. The van der Waals surface area contributed by atoms with E-state index in [2.05, 4.69) is 9.97 Å². The van der Waals surface area contributed by atoms with Crippen LogP contribution in [0.2, 0.25) is 0 Å². The molecule has 0 aliphatic rings. The first-order valence-electron chi connectivity index (χ1n) is 3.42. The van der Waals surface area contributed by atoms with Gasteiger partial charge in [-0.15, -0.1) is 0 Å². The van der Waals surface area contributed by atoms with E-state index in [9.17, 15) is 4.79 Å². The Kier molecular flexibility index (Phi) is 2.57. The lowest BCUT2D eigenvalue weighted by molar-refractivity contribution is 0.0689. The van der Waals surface area contributed by atoms with Crippen LogP contribution >= 0.6 is 0 Å². The molecule has 1 aromatic rings. The van der Waals surface area contributed by atoms with Gasteiger partial charge < -0.3 is 9.84 Å². The summed E-state index contributed by atoms with van der Waals surface area (Å²) in [5.74, 6) is -0.803. The number of aromatic nitrogens is 2. The van der Waals surface area contributed by atoms with Crippen molar-refractivity contribution in [2.45, 2.75) is 6.92 Å². The van der Waals surface area contributed by atoms with E-state index in [0.717, 1.165) is 6.33 Å². The highest BCUT2D eigenvalue weighted by Gasteiger charge is 2.05. The largest absolute Gasteiger partial charge is 0.478 e. The molecule has 1 heterocycles. The quantitative estimate of drug-likeness (QED) is 0.714. The molecule has 0 unspecified atom stereocenters. The van der Waals surface area contributed by atoms with Gasteiger partial charge in [0.25, 0.3) is 0 Å². The zero-order valence-corrected chi connectivity index (χ0v) is 6.52. The first-order valence-corrected chi connectivity index (χ1v) is 3.42. The summed E-state index contributed by atoms with van der Waals surface area (Å²) in [6.07, 6.45) is 1.16. The summed E-state index contributed by atoms with van der Waals surface area (Å²) in [5.41, 5.74) is -0.0616. The van der Waals surface area contributed by atoms with Crippen LogP contribution in [-0.2, 0) is 0 Å². The Balaban J connectivity index is 2.88. The molecule has 0 radical (unpaired) electrons. The number of carbonyl (C=O) groups is 1. The Morgan fingerprint density at radius 2 is 2.42 bits per heavy atom. The van der Waals surface area contributed by atoms with Crippen LogP contribution in [0.4, 0.5) is 0 Å². The average molecular weight is 168 g/mol. The van der Waals surface area contributed by atoms with Crippen molar-refractivity contribution in [3.8, 4) is 5.88 Å². The summed E-state index contributed by atoms with van der Waals surface area (Å²) < 4.78 is 4.98. The molecule has 1 N–H and O–H groups in total. The standard InChI is InChI=1S/C7H8N2O3/c1-2-12-6-3-5(7(10)11)8-4-9-6/h3-4H,2H2,1H3,(H,10,11). The summed E-state index contributed by atoms with van der Waals surface area (Å²) in [7, 11) is 0. The Hall–Kier alpha value is -1.65. The van der Waals surface area contributed by atoms with Crippen LogP contribution in [0.15, 0.2) is 12.4 Å². The van der Waals surface area contributed by atoms with Crippen molar-refractivity contribution in [2.75, 3.05) is 6.61 Å². The van der Waals surface area contributed by atoms with E-state index < -0.39 is 5.97 Å². The SMILES string of the molecule is CCOc1cc(C(=O)O)ncn1. The molecule has 0 aliphatic carbocycles. The Labute approximate surface area is 69.0 Å². The predicted molar refractivity (Wildman–Crippen MR) is 40.2 cm³/mol. The molecule has 0 aromatic carbocycles. The molecule has 0 atom stereocenters. The van der Waals surface area contributed by atoms with Crippen molar-refractivity contribution in [1.82, 2.24) is 9.97 Å². The van der Waals surface area contributed by atoms with Crippen LogP contribution < -0.4 is 4.74 Å². The molecule has 0 aliphatic heterocycles. The first kappa shape index (κ1) is 8.45. The van der Waals surface area contributed by atoms with Crippen molar-refractivity contribution in [3.05, 3.63) is 18.1 Å². The molecule has 0 fully saturated rings. The van der Waals surface area contributed by atoms with Crippen molar-refractivity contribution >= 4 is 5.97 Å².